The number of hydrogen-bond donors (Lipinski definition) is 2. The van der Waals surface area contributed by atoms with Crippen LogP contribution in [0.4, 0.5) is 5.69 Å². The number of nitrogens with two attached hydrogens (primary N) is 1. The van der Waals surface area contributed by atoms with Gasteiger partial charge in [0.2, 0.25) is 0 Å². The van der Waals surface area contributed by atoms with E-state index in [0.29, 0.717) is 11.6 Å². The van der Waals surface area contributed by atoms with Gasteiger partial charge in [-0.3, -0.25) is 4.99 Å². The fraction of sp³-hybridized carbons (Fsp3) is 0.133. The van der Waals surface area contributed by atoms with Crippen molar-refractivity contribution in [3.63, 3.8) is 0 Å². The number of anilines is 1. The first kappa shape index (κ1) is 40.5. The van der Waals surface area contributed by atoms with Crippen LogP contribution in [0.2, 0.25) is 0 Å². The molecule has 4 nitrogen and oxygen atoms in total. The number of aliphatic imine (C=N–C) groups is 1. The van der Waals surface area contributed by atoms with E-state index in [0.717, 1.165) is 80.6 Å². The maximum atomic E-state index is 7.07. The van der Waals surface area contributed by atoms with Crippen molar-refractivity contribution in [1.82, 2.24) is 10.3 Å². The van der Waals surface area contributed by atoms with Gasteiger partial charge in [-0.25, -0.2) is 4.98 Å². The standard InChI is InChI=1S/C60H52N4/c1-41(42-17-7-3-8-18-42)29-30-47-33-36-53-54(45-21-11-5-12-22-45)39-55(62-59(53)58(47)61)50-27-15-25-48(37-50)49-26-16-28-51(38-49)57-40-56(46-23-13-6-14-24-46)63-60(2,64-57)52-34-31-44(32-35-52)43-19-9-4-10-20-43/h4-7,9-36,38-41,48,63H,3,8,37,61H2,1-2H3/b30-29-. The van der Waals surface area contributed by atoms with Crippen LogP contribution >= 0.6 is 0 Å². The number of hydrogen-bond acceptors (Lipinski definition) is 4. The Labute approximate surface area is 377 Å². The van der Waals surface area contributed by atoms with E-state index in [1.807, 2.05) is 0 Å². The second-order valence-corrected chi connectivity index (χ2v) is 17.3. The SMILES string of the molecule is CC(/C=C\c1ccc2c(-c3ccccc3)cc(C3=CC=CC(c4cccc(C5=NC(C)(c6ccc(-c7ccccc7)cc6)NC(c6ccccc6)=C5)c4)C3)nc2c1N)C1=CCCC=C1. The molecular weight excluding hydrogens is 777 g/mol. The summed E-state index contributed by atoms with van der Waals surface area (Å²) in [7, 11) is 0. The Balaban J connectivity index is 0.979. The number of aromatic nitrogens is 1. The van der Waals surface area contributed by atoms with Crippen molar-refractivity contribution in [3.05, 3.63) is 245 Å². The van der Waals surface area contributed by atoms with Gasteiger partial charge >= 0.3 is 0 Å². The highest BCUT2D eigenvalue weighted by Gasteiger charge is 2.31. The van der Waals surface area contributed by atoms with E-state index >= 15 is 0 Å². The molecule has 3 unspecified atom stereocenters. The molecule has 312 valence electrons. The Kier molecular flexibility index (Phi) is 11.2. The maximum Gasteiger partial charge on any atom is 0.153 e. The summed E-state index contributed by atoms with van der Waals surface area (Å²) in [5, 5.41) is 4.87. The summed E-state index contributed by atoms with van der Waals surface area (Å²) in [5.74, 6) is 0.442. The van der Waals surface area contributed by atoms with Crippen molar-refractivity contribution in [2.24, 2.45) is 10.9 Å². The molecule has 1 aliphatic heterocycles. The number of nitrogen functional groups attached to an aromatic ring is 1. The number of allylic oxidation sites excluding steroid dienone is 10. The topological polar surface area (TPSA) is 63.3 Å². The summed E-state index contributed by atoms with van der Waals surface area (Å²) in [6, 6.07) is 55.9. The average Bonchev–Trinajstić information content (AvgIpc) is 3.37. The van der Waals surface area contributed by atoms with Crippen molar-refractivity contribution in [1.29, 1.82) is 0 Å². The quantitative estimate of drug-likeness (QED) is 0.135. The normalized spacial score (nSPS) is 18.8. The molecule has 0 saturated carbocycles. The molecule has 2 aliphatic carbocycles. The van der Waals surface area contributed by atoms with Gasteiger partial charge in [0.05, 0.1) is 22.6 Å². The molecule has 7 aromatic rings. The Morgan fingerprint density at radius 3 is 2.17 bits per heavy atom. The molecule has 4 heteroatoms. The highest BCUT2D eigenvalue weighted by molar-refractivity contribution is 6.13. The zero-order chi connectivity index (χ0) is 43.5. The third kappa shape index (κ3) is 8.35. The summed E-state index contributed by atoms with van der Waals surface area (Å²) in [6.07, 6.45) is 23.2. The second kappa shape index (κ2) is 17.7. The van der Waals surface area contributed by atoms with E-state index in [9.17, 15) is 0 Å². The molecule has 10 rings (SSSR count). The molecule has 3 atom stereocenters. The van der Waals surface area contributed by atoms with Gasteiger partial charge in [0, 0.05) is 22.6 Å². The molecule has 3 aliphatic rings. The lowest BCUT2D eigenvalue weighted by Gasteiger charge is -2.34. The fourth-order valence-corrected chi connectivity index (χ4v) is 9.26. The number of pyridine rings is 1. The molecule has 64 heavy (non-hydrogen) atoms. The lowest BCUT2D eigenvalue weighted by molar-refractivity contribution is 0.447. The van der Waals surface area contributed by atoms with Gasteiger partial charge in [0.1, 0.15) is 0 Å². The summed E-state index contributed by atoms with van der Waals surface area (Å²) in [4.78, 5) is 10.8. The minimum atomic E-state index is -0.695. The van der Waals surface area contributed by atoms with Gasteiger partial charge in [-0.1, -0.05) is 201 Å². The van der Waals surface area contributed by atoms with E-state index in [2.05, 4.69) is 232 Å². The lowest BCUT2D eigenvalue weighted by Crippen LogP contribution is -2.40. The Morgan fingerprint density at radius 2 is 1.44 bits per heavy atom. The monoisotopic (exact) mass is 828 g/mol. The molecule has 0 saturated heterocycles. The Bertz CT molecular complexity index is 3060. The second-order valence-electron chi connectivity index (χ2n) is 17.3. The lowest BCUT2D eigenvalue weighted by atomic mass is 9.85. The summed E-state index contributed by atoms with van der Waals surface area (Å²) in [6.45, 7) is 4.42. The molecule has 6 aromatic carbocycles. The van der Waals surface area contributed by atoms with Crippen LogP contribution in [0.1, 0.15) is 72.5 Å². The zero-order valence-electron chi connectivity index (χ0n) is 36.5. The van der Waals surface area contributed by atoms with Crippen LogP contribution in [0, 0.1) is 5.92 Å². The smallest absolute Gasteiger partial charge is 0.153 e. The number of fused-ring (bicyclic) bond motifs is 1. The van der Waals surface area contributed by atoms with Crippen molar-refractivity contribution in [2.75, 3.05) is 5.73 Å². The molecule has 0 fully saturated rings. The highest BCUT2D eigenvalue weighted by atomic mass is 15.2. The minimum Gasteiger partial charge on any atom is -0.396 e. The fourth-order valence-electron chi connectivity index (χ4n) is 9.26. The van der Waals surface area contributed by atoms with Crippen LogP contribution in [0.5, 0.6) is 0 Å². The molecular formula is C60H52N4. The molecule has 1 aromatic heterocycles. The molecule has 0 radical (unpaired) electrons. The first-order valence-corrected chi connectivity index (χ1v) is 22.5. The highest BCUT2D eigenvalue weighted by Crippen LogP contribution is 2.40. The Morgan fingerprint density at radius 1 is 0.734 bits per heavy atom. The van der Waals surface area contributed by atoms with Crippen molar-refractivity contribution in [2.45, 2.75) is 44.7 Å². The van der Waals surface area contributed by atoms with Crippen molar-refractivity contribution >= 4 is 39.6 Å². The molecule has 0 amide bonds. The van der Waals surface area contributed by atoms with Crippen LogP contribution in [0.15, 0.2) is 217 Å². The van der Waals surface area contributed by atoms with E-state index in [1.165, 1.54) is 27.8 Å². The first-order valence-electron chi connectivity index (χ1n) is 22.5. The third-order valence-corrected chi connectivity index (χ3v) is 12.9. The molecule has 0 bridgehead atoms. The largest absolute Gasteiger partial charge is 0.396 e. The number of nitrogens with zero attached hydrogens (tertiary/aromatic N) is 2. The van der Waals surface area contributed by atoms with Gasteiger partial charge in [0.25, 0.3) is 0 Å². The van der Waals surface area contributed by atoms with Crippen molar-refractivity contribution < 1.29 is 0 Å². The summed E-state index contributed by atoms with van der Waals surface area (Å²) < 4.78 is 0. The third-order valence-electron chi connectivity index (χ3n) is 12.9. The van der Waals surface area contributed by atoms with Gasteiger partial charge in [-0.05, 0) is 106 Å². The van der Waals surface area contributed by atoms with E-state index < -0.39 is 5.66 Å². The van der Waals surface area contributed by atoms with Gasteiger partial charge in [-0.2, -0.15) is 0 Å². The van der Waals surface area contributed by atoms with Gasteiger partial charge in [0.15, 0.2) is 5.66 Å². The van der Waals surface area contributed by atoms with Crippen LogP contribution in [0.25, 0.3) is 50.5 Å². The van der Waals surface area contributed by atoms with Crippen LogP contribution in [-0.2, 0) is 5.66 Å². The zero-order valence-corrected chi connectivity index (χ0v) is 36.5. The van der Waals surface area contributed by atoms with E-state index in [1.54, 1.807) is 0 Å². The van der Waals surface area contributed by atoms with E-state index in [-0.39, 0.29) is 5.92 Å². The Hall–Kier alpha value is -7.56. The first-order chi connectivity index (χ1) is 31.4. The van der Waals surface area contributed by atoms with Gasteiger partial charge < -0.3 is 11.1 Å². The molecule has 3 N–H and O–H groups in total. The number of rotatable bonds is 10. The minimum absolute atomic E-state index is 0.144. The number of benzene rings is 6. The molecule has 0 spiro atoms. The predicted octanol–water partition coefficient (Wildman–Crippen LogP) is 14.5. The van der Waals surface area contributed by atoms with E-state index in [4.69, 9.17) is 15.7 Å². The van der Waals surface area contributed by atoms with Crippen LogP contribution < -0.4 is 11.1 Å². The molecule has 2 heterocycles. The van der Waals surface area contributed by atoms with Crippen molar-refractivity contribution in [3.8, 4) is 22.3 Å². The summed E-state index contributed by atoms with van der Waals surface area (Å²) in [5.41, 5.74) is 23.5. The summed E-state index contributed by atoms with van der Waals surface area (Å²) >= 11 is 0. The maximum absolute atomic E-state index is 7.07. The number of nitrogens with one attached hydrogen (secondary N) is 1. The van der Waals surface area contributed by atoms with Gasteiger partial charge in [-0.15, -0.1) is 0 Å². The average molecular weight is 829 g/mol. The van der Waals surface area contributed by atoms with Crippen LogP contribution in [0.3, 0.4) is 0 Å². The predicted molar refractivity (Wildman–Crippen MR) is 270 cm³/mol. The van der Waals surface area contributed by atoms with Crippen LogP contribution in [-0.4, -0.2) is 10.7 Å².